The van der Waals surface area contributed by atoms with Crippen LogP contribution in [0.3, 0.4) is 0 Å². The molecule has 0 aliphatic rings. The molecular weight excluding hydrogens is 202 g/mol. The number of nitrogen functional groups attached to an aromatic ring is 1. The molecule has 0 spiro atoms. The van der Waals surface area contributed by atoms with E-state index in [1.807, 2.05) is 32.0 Å². The molecule has 2 N–H and O–H groups in total. The van der Waals surface area contributed by atoms with Crippen molar-refractivity contribution in [3.63, 3.8) is 0 Å². The fourth-order valence-electron chi connectivity index (χ4n) is 1.39. The molecule has 0 bridgehead atoms. The molecule has 0 radical (unpaired) electrons. The van der Waals surface area contributed by atoms with Crippen LogP contribution in [0.4, 0.5) is 5.69 Å². The molecule has 1 aromatic heterocycles. The van der Waals surface area contributed by atoms with Gasteiger partial charge in [-0.1, -0.05) is 0 Å². The first-order valence-corrected chi connectivity index (χ1v) is 4.98. The maximum absolute atomic E-state index is 5.66. The zero-order valence-electron chi connectivity index (χ0n) is 9.27. The second-order valence-corrected chi connectivity index (χ2v) is 3.70. The second kappa shape index (κ2) is 4.18. The maximum Gasteiger partial charge on any atom is 0.239 e. The zero-order chi connectivity index (χ0) is 11.5. The summed E-state index contributed by atoms with van der Waals surface area (Å²) in [7, 11) is 0. The first kappa shape index (κ1) is 10.4. The predicted octanol–water partition coefficient (Wildman–Crippen LogP) is 2.47. The Labute approximate surface area is 94.1 Å². The van der Waals surface area contributed by atoms with Crippen molar-refractivity contribution < 1.29 is 4.74 Å². The highest BCUT2D eigenvalue weighted by molar-refractivity contribution is 5.48. The molecule has 2 aromatic rings. The third-order valence-corrected chi connectivity index (χ3v) is 2.18. The van der Waals surface area contributed by atoms with Crippen LogP contribution in [0.15, 0.2) is 30.5 Å². The number of aryl methyl sites for hydroxylation is 2. The molecule has 2 rings (SSSR count). The summed E-state index contributed by atoms with van der Waals surface area (Å²) in [5, 5.41) is 7.72. The number of nitrogens with zero attached hydrogens (tertiary/aromatic N) is 2. The van der Waals surface area contributed by atoms with Crippen molar-refractivity contribution in [1.29, 1.82) is 0 Å². The quantitative estimate of drug-likeness (QED) is 0.782. The van der Waals surface area contributed by atoms with Gasteiger partial charge in [-0.2, -0.15) is 5.10 Å². The van der Waals surface area contributed by atoms with E-state index in [1.54, 1.807) is 12.3 Å². The lowest BCUT2D eigenvalue weighted by Gasteiger charge is -2.07. The van der Waals surface area contributed by atoms with Gasteiger partial charge in [-0.15, -0.1) is 5.10 Å². The summed E-state index contributed by atoms with van der Waals surface area (Å²) in [6.07, 6.45) is 1.68. The van der Waals surface area contributed by atoms with E-state index in [9.17, 15) is 0 Å². The van der Waals surface area contributed by atoms with Crippen molar-refractivity contribution in [3.8, 4) is 11.6 Å². The van der Waals surface area contributed by atoms with Crippen molar-refractivity contribution in [3.05, 3.63) is 41.6 Å². The number of anilines is 1. The van der Waals surface area contributed by atoms with Gasteiger partial charge in [0.05, 0.1) is 6.20 Å². The summed E-state index contributed by atoms with van der Waals surface area (Å²) in [5.41, 5.74) is 8.37. The molecule has 0 atom stereocenters. The van der Waals surface area contributed by atoms with Crippen LogP contribution >= 0.6 is 0 Å². The summed E-state index contributed by atoms with van der Waals surface area (Å²) in [5.74, 6) is 1.24. The zero-order valence-corrected chi connectivity index (χ0v) is 9.27. The van der Waals surface area contributed by atoms with Crippen LogP contribution in [0.25, 0.3) is 0 Å². The highest BCUT2D eigenvalue weighted by atomic mass is 16.5. The molecule has 0 unspecified atom stereocenters. The van der Waals surface area contributed by atoms with Crippen molar-refractivity contribution in [2.24, 2.45) is 0 Å². The molecule has 16 heavy (non-hydrogen) atoms. The fraction of sp³-hybridized carbons (Fsp3) is 0.167. The largest absolute Gasteiger partial charge is 0.437 e. The van der Waals surface area contributed by atoms with Crippen LogP contribution < -0.4 is 10.5 Å². The number of hydrogen-bond acceptors (Lipinski definition) is 4. The Morgan fingerprint density at radius 3 is 2.69 bits per heavy atom. The molecule has 1 heterocycles. The number of rotatable bonds is 2. The first-order valence-electron chi connectivity index (χ1n) is 4.98. The summed E-state index contributed by atoms with van der Waals surface area (Å²) >= 11 is 0. The van der Waals surface area contributed by atoms with E-state index in [1.165, 1.54) is 0 Å². The van der Waals surface area contributed by atoms with Crippen LogP contribution in [0.2, 0.25) is 0 Å². The van der Waals surface area contributed by atoms with Gasteiger partial charge in [0.25, 0.3) is 0 Å². The Kier molecular flexibility index (Phi) is 2.72. The van der Waals surface area contributed by atoms with Gasteiger partial charge < -0.3 is 10.5 Å². The molecule has 4 nitrogen and oxygen atoms in total. The Morgan fingerprint density at radius 2 is 2.00 bits per heavy atom. The molecule has 4 heteroatoms. The average molecular weight is 215 g/mol. The number of benzene rings is 1. The highest BCUT2D eigenvalue weighted by Crippen LogP contribution is 2.24. The van der Waals surface area contributed by atoms with Gasteiger partial charge in [0.15, 0.2) is 0 Å². The lowest BCUT2D eigenvalue weighted by molar-refractivity contribution is 0.451. The predicted molar refractivity (Wildman–Crippen MR) is 62.4 cm³/mol. The number of hydrogen-bond donors (Lipinski definition) is 1. The van der Waals surface area contributed by atoms with Gasteiger partial charge in [0, 0.05) is 11.8 Å². The SMILES string of the molecule is Cc1cnnc(Oc2ccc(N)cc2C)c1. The summed E-state index contributed by atoms with van der Waals surface area (Å²) in [4.78, 5) is 0. The molecular formula is C12H13N3O. The molecule has 1 aromatic carbocycles. The fourth-order valence-corrected chi connectivity index (χ4v) is 1.39. The monoisotopic (exact) mass is 215 g/mol. The van der Waals surface area contributed by atoms with Gasteiger partial charge in [0.2, 0.25) is 5.88 Å². The lowest BCUT2D eigenvalue weighted by Crippen LogP contribution is -1.94. The van der Waals surface area contributed by atoms with Crippen LogP contribution in [0.5, 0.6) is 11.6 Å². The van der Waals surface area contributed by atoms with E-state index in [-0.39, 0.29) is 0 Å². The topological polar surface area (TPSA) is 61.0 Å². The van der Waals surface area contributed by atoms with E-state index < -0.39 is 0 Å². The van der Waals surface area contributed by atoms with Gasteiger partial charge in [-0.25, -0.2) is 0 Å². The molecule has 82 valence electrons. The van der Waals surface area contributed by atoms with Crippen LogP contribution in [-0.4, -0.2) is 10.2 Å². The Hall–Kier alpha value is -2.10. The smallest absolute Gasteiger partial charge is 0.239 e. The molecule has 0 amide bonds. The van der Waals surface area contributed by atoms with E-state index in [0.29, 0.717) is 5.88 Å². The summed E-state index contributed by atoms with van der Waals surface area (Å²) < 4.78 is 5.62. The van der Waals surface area contributed by atoms with Gasteiger partial charge in [-0.3, -0.25) is 0 Å². The third kappa shape index (κ3) is 2.28. The van der Waals surface area contributed by atoms with Crippen molar-refractivity contribution >= 4 is 5.69 Å². The Bertz CT molecular complexity index is 511. The second-order valence-electron chi connectivity index (χ2n) is 3.70. The Balaban J connectivity index is 2.27. The van der Waals surface area contributed by atoms with Crippen molar-refractivity contribution in [1.82, 2.24) is 10.2 Å². The highest BCUT2D eigenvalue weighted by Gasteiger charge is 2.03. The van der Waals surface area contributed by atoms with Crippen LogP contribution in [0, 0.1) is 13.8 Å². The van der Waals surface area contributed by atoms with Crippen LogP contribution in [0.1, 0.15) is 11.1 Å². The standard InChI is InChI=1S/C12H13N3O/c1-8-5-12(15-14-7-8)16-11-4-3-10(13)6-9(11)2/h3-7H,13H2,1-2H3. The van der Waals surface area contributed by atoms with E-state index in [0.717, 1.165) is 22.6 Å². The minimum absolute atomic E-state index is 0.493. The minimum atomic E-state index is 0.493. The van der Waals surface area contributed by atoms with E-state index in [4.69, 9.17) is 10.5 Å². The van der Waals surface area contributed by atoms with Gasteiger partial charge in [0.1, 0.15) is 5.75 Å². The number of nitrogens with two attached hydrogens (primary N) is 1. The van der Waals surface area contributed by atoms with E-state index in [2.05, 4.69) is 10.2 Å². The molecule has 0 aliphatic heterocycles. The Morgan fingerprint density at radius 1 is 1.19 bits per heavy atom. The average Bonchev–Trinajstić information content (AvgIpc) is 2.22. The van der Waals surface area contributed by atoms with E-state index >= 15 is 0 Å². The molecule has 0 saturated heterocycles. The minimum Gasteiger partial charge on any atom is -0.437 e. The van der Waals surface area contributed by atoms with Crippen LogP contribution in [-0.2, 0) is 0 Å². The molecule has 0 saturated carbocycles. The lowest BCUT2D eigenvalue weighted by atomic mass is 10.2. The first-order chi connectivity index (χ1) is 7.65. The number of ether oxygens (including phenoxy) is 1. The molecule has 0 aliphatic carbocycles. The molecule has 0 fully saturated rings. The summed E-state index contributed by atoms with van der Waals surface area (Å²) in [6.45, 7) is 3.88. The summed E-state index contributed by atoms with van der Waals surface area (Å²) in [6, 6.07) is 7.32. The van der Waals surface area contributed by atoms with Crippen molar-refractivity contribution in [2.45, 2.75) is 13.8 Å². The van der Waals surface area contributed by atoms with Crippen molar-refractivity contribution in [2.75, 3.05) is 5.73 Å². The van der Waals surface area contributed by atoms with Gasteiger partial charge in [-0.05, 0) is 43.2 Å². The third-order valence-electron chi connectivity index (χ3n) is 2.18. The van der Waals surface area contributed by atoms with Gasteiger partial charge >= 0.3 is 0 Å². The maximum atomic E-state index is 5.66. The normalized spacial score (nSPS) is 10.1. The number of aromatic nitrogens is 2.